The van der Waals surface area contributed by atoms with Gasteiger partial charge in [0, 0.05) is 18.7 Å². The van der Waals surface area contributed by atoms with Gasteiger partial charge < -0.3 is 19.4 Å². The number of methoxy groups -OCH3 is 1. The van der Waals surface area contributed by atoms with Crippen LogP contribution in [0.1, 0.15) is 41.9 Å². The van der Waals surface area contributed by atoms with Gasteiger partial charge in [-0.3, -0.25) is 4.79 Å². The van der Waals surface area contributed by atoms with E-state index in [4.69, 9.17) is 9.47 Å². The average Bonchev–Trinajstić information content (AvgIpc) is 3.26. The standard InChI is InChI=1S/C24H27N3O3/c1-4-21(30-19-9-5-16(2)6-10-19)24(28)27-14-13-20-22(26-15-25-20)23(27)17-7-11-18(29-3)12-8-17/h5-12,15,21,23H,4,13-14H2,1-3H3,(H,25,26). The molecule has 0 radical (unpaired) electrons. The number of aryl methyl sites for hydroxylation is 1. The van der Waals surface area contributed by atoms with Crippen molar-refractivity contribution in [2.45, 2.75) is 38.8 Å². The Morgan fingerprint density at radius 3 is 2.53 bits per heavy atom. The lowest BCUT2D eigenvalue weighted by molar-refractivity contribution is -0.141. The summed E-state index contributed by atoms with van der Waals surface area (Å²) < 4.78 is 11.4. The lowest BCUT2D eigenvalue weighted by Gasteiger charge is -2.37. The number of rotatable bonds is 6. The summed E-state index contributed by atoms with van der Waals surface area (Å²) in [5.41, 5.74) is 4.13. The fourth-order valence-electron chi connectivity index (χ4n) is 3.91. The Bertz CT molecular complexity index is 995. The molecule has 4 rings (SSSR count). The number of nitrogens with zero attached hydrogens (tertiary/aromatic N) is 2. The molecule has 0 saturated heterocycles. The maximum absolute atomic E-state index is 13.6. The van der Waals surface area contributed by atoms with Crippen LogP contribution in [0.4, 0.5) is 0 Å². The maximum Gasteiger partial charge on any atom is 0.264 e. The molecular weight excluding hydrogens is 378 g/mol. The van der Waals surface area contributed by atoms with Crippen LogP contribution >= 0.6 is 0 Å². The van der Waals surface area contributed by atoms with Gasteiger partial charge in [-0.25, -0.2) is 4.98 Å². The highest BCUT2D eigenvalue weighted by Gasteiger charge is 2.37. The number of hydrogen-bond acceptors (Lipinski definition) is 4. The molecular formula is C24H27N3O3. The minimum Gasteiger partial charge on any atom is -0.497 e. The molecule has 156 valence electrons. The van der Waals surface area contributed by atoms with Crippen molar-refractivity contribution in [3.63, 3.8) is 0 Å². The van der Waals surface area contributed by atoms with Crippen LogP contribution in [0.3, 0.4) is 0 Å². The molecule has 2 unspecified atom stereocenters. The van der Waals surface area contributed by atoms with E-state index in [1.54, 1.807) is 13.4 Å². The molecule has 6 heteroatoms. The van der Waals surface area contributed by atoms with Gasteiger partial charge in [-0.1, -0.05) is 36.8 Å². The van der Waals surface area contributed by atoms with Crippen LogP contribution in [0.15, 0.2) is 54.9 Å². The molecule has 0 bridgehead atoms. The van der Waals surface area contributed by atoms with Crippen molar-refractivity contribution < 1.29 is 14.3 Å². The van der Waals surface area contributed by atoms with E-state index in [0.717, 1.165) is 34.7 Å². The fourth-order valence-corrected chi connectivity index (χ4v) is 3.91. The quantitative estimate of drug-likeness (QED) is 0.672. The Kier molecular flexibility index (Phi) is 5.74. The van der Waals surface area contributed by atoms with E-state index in [0.29, 0.717) is 18.7 Å². The lowest BCUT2D eigenvalue weighted by Crippen LogP contribution is -2.47. The second kappa shape index (κ2) is 8.61. The number of hydrogen-bond donors (Lipinski definition) is 1. The van der Waals surface area contributed by atoms with Gasteiger partial charge in [-0.2, -0.15) is 0 Å². The largest absolute Gasteiger partial charge is 0.497 e. The maximum atomic E-state index is 13.6. The molecule has 2 heterocycles. The average molecular weight is 405 g/mol. The van der Waals surface area contributed by atoms with Gasteiger partial charge in [-0.15, -0.1) is 0 Å². The predicted octanol–water partition coefficient (Wildman–Crippen LogP) is 4.06. The summed E-state index contributed by atoms with van der Waals surface area (Å²) in [6.07, 6.45) is 2.49. The van der Waals surface area contributed by atoms with Crippen molar-refractivity contribution in [3.8, 4) is 11.5 Å². The van der Waals surface area contributed by atoms with Gasteiger partial charge in [0.15, 0.2) is 6.10 Å². The van der Waals surface area contributed by atoms with Crippen LogP contribution in [-0.2, 0) is 11.2 Å². The third-order valence-corrected chi connectivity index (χ3v) is 5.59. The second-order valence-electron chi connectivity index (χ2n) is 7.55. The van der Waals surface area contributed by atoms with Crippen molar-refractivity contribution in [3.05, 3.63) is 77.4 Å². The number of ether oxygens (including phenoxy) is 2. The summed E-state index contributed by atoms with van der Waals surface area (Å²) in [5.74, 6) is 1.47. The molecule has 1 N–H and O–H groups in total. The van der Waals surface area contributed by atoms with Gasteiger partial charge in [0.05, 0.1) is 19.1 Å². The molecule has 30 heavy (non-hydrogen) atoms. The number of nitrogens with one attached hydrogen (secondary N) is 1. The first-order chi connectivity index (χ1) is 14.6. The molecule has 3 aromatic rings. The molecule has 2 aromatic carbocycles. The number of H-pyrrole nitrogens is 1. The number of carbonyl (C=O) groups excluding carboxylic acids is 1. The van der Waals surface area contributed by atoms with Crippen LogP contribution in [0, 0.1) is 6.92 Å². The molecule has 1 aliphatic rings. The SMILES string of the molecule is CCC(Oc1ccc(C)cc1)C(=O)N1CCc2[nH]cnc2C1c1ccc(OC)cc1. The number of fused-ring (bicyclic) bond motifs is 1. The van der Waals surface area contributed by atoms with Gasteiger partial charge in [-0.05, 0) is 43.2 Å². The zero-order chi connectivity index (χ0) is 21.1. The van der Waals surface area contributed by atoms with E-state index in [1.807, 2.05) is 67.3 Å². The lowest BCUT2D eigenvalue weighted by atomic mass is 9.94. The summed E-state index contributed by atoms with van der Waals surface area (Å²) in [7, 11) is 1.64. The third kappa shape index (κ3) is 3.90. The van der Waals surface area contributed by atoms with Gasteiger partial charge in [0.2, 0.25) is 0 Å². The van der Waals surface area contributed by atoms with Crippen molar-refractivity contribution in [2.75, 3.05) is 13.7 Å². The Labute approximate surface area is 176 Å². The van der Waals surface area contributed by atoms with E-state index in [2.05, 4.69) is 9.97 Å². The normalized spacial score (nSPS) is 16.6. The monoisotopic (exact) mass is 405 g/mol. The Hall–Kier alpha value is -3.28. The Morgan fingerprint density at radius 1 is 1.17 bits per heavy atom. The molecule has 1 aromatic heterocycles. The minimum absolute atomic E-state index is 0.0208. The second-order valence-corrected chi connectivity index (χ2v) is 7.55. The summed E-state index contributed by atoms with van der Waals surface area (Å²) in [5, 5.41) is 0. The predicted molar refractivity (Wildman–Crippen MR) is 115 cm³/mol. The molecule has 0 fully saturated rings. The highest BCUT2D eigenvalue weighted by molar-refractivity contribution is 5.82. The zero-order valence-electron chi connectivity index (χ0n) is 17.6. The van der Waals surface area contributed by atoms with Gasteiger partial charge in [0.25, 0.3) is 5.91 Å². The number of amides is 1. The van der Waals surface area contributed by atoms with E-state index < -0.39 is 6.10 Å². The highest BCUT2D eigenvalue weighted by Crippen LogP contribution is 2.35. The Balaban J connectivity index is 1.64. The zero-order valence-corrected chi connectivity index (χ0v) is 17.6. The van der Waals surface area contributed by atoms with Crippen molar-refractivity contribution in [1.82, 2.24) is 14.9 Å². The van der Waals surface area contributed by atoms with E-state index >= 15 is 0 Å². The summed E-state index contributed by atoms with van der Waals surface area (Å²) in [6, 6.07) is 15.4. The van der Waals surface area contributed by atoms with Crippen LogP contribution in [-0.4, -0.2) is 40.5 Å². The van der Waals surface area contributed by atoms with E-state index in [9.17, 15) is 4.79 Å². The minimum atomic E-state index is -0.547. The summed E-state index contributed by atoms with van der Waals surface area (Å²) in [4.78, 5) is 23.2. The number of imidazole rings is 1. The van der Waals surface area contributed by atoms with E-state index in [1.165, 1.54) is 0 Å². The first-order valence-electron chi connectivity index (χ1n) is 10.3. The van der Waals surface area contributed by atoms with Gasteiger partial charge >= 0.3 is 0 Å². The topological polar surface area (TPSA) is 67.5 Å². The molecule has 0 spiro atoms. The van der Waals surface area contributed by atoms with Crippen molar-refractivity contribution >= 4 is 5.91 Å². The van der Waals surface area contributed by atoms with Gasteiger partial charge in [0.1, 0.15) is 17.5 Å². The summed E-state index contributed by atoms with van der Waals surface area (Å²) >= 11 is 0. The van der Waals surface area contributed by atoms with Crippen molar-refractivity contribution in [2.24, 2.45) is 0 Å². The molecule has 1 aliphatic heterocycles. The highest BCUT2D eigenvalue weighted by atomic mass is 16.5. The van der Waals surface area contributed by atoms with Crippen LogP contribution < -0.4 is 9.47 Å². The third-order valence-electron chi connectivity index (χ3n) is 5.59. The fraction of sp³-hybridized carbons (Fsp3) is 0.333. The smallest absolute Gasteiger partial charge is 0.264 e. The number of aromatic amines is 1. The molecule has 2 atom stereocenters. The molecule has 0 saturated carbocycles. The van der Waals surface area contributed by atoms with Crippen molar-refractivity contribution in [1.29, 1.82) is 0 Å². The first kappa shape index (κ1) is 20.0. The summed E-state index contributed by atoms with van der Waals surface area (Å²) in [6.45, 7) is 4.61. The number of aromatic nitrogens is 2. The number of carbonyl (C=O) groups is 1. The van der Waals surface area contributed by atoms with Crippen LogP contribution in [0.25, 0.3) is 0 Å². The van der Waals surface area contributed by atoms with E-state index in [-0.39, 0.29) is 11.9 Å². The molecule has 6 nitrogen and oxygen atoms in total. The van der Waals surface area contributed by atoms with Crippen LogP contribution in [0.2, 0.25) is 0 Å². The molecule has 1 amide bonds. The Morgan fingerprint density at radius 2 is 1.87 bits per heavy atom. The van der Waals surface area contributed by atoms with Crippen LogP contribution in [0.5, 0.6) is 11.5 Å². The first-order valence-corrected chi connectivity index (χ1v) is 10.3. The molecule has 0 aliphatic carbocycles. The number of benzene rings is 2.